The van der Waals surface area contributed by atoms with Gasteiger partial charge >= 0.3 is 12.0 Å². The van der Waals surface area contributed by atoms with E-state index in [0.717, 1.165) is 5.69 Å². The molecule has 0 aliphatic carbocycles. The number of rotatable bonds is 5. The van der Waals surface area contributed by atoms with Gasteiger partial charge in [0, 0.05) is 25.9 Å². The Morgan fingerprint density at radius 3 is 2.82 bits per heavy atom. The van der Waals surface area contributed by atoms with E-state index < -0.39 is 5.97 Å². The molecule has 0 fully saturated rings. The van der Waals surface area contributed by atoms with E-state index in [2.05, 4.69) is 10.3 Å². The van der Waals surface area contributed by atoms with E-state index in [1.807, 2.05) is 5.38 Å². The molecule has 7 heteroatoms. The predicted octanol–water partition coefficient (Wildman–Crippen LogP) is 1.64. The first-order chi connectivity index (χ1) is 7.99. The number of nitrogens with one attached hydrogen (secondary N) is 1. The first-order valence-electron chi connectivity index (χ1n) is 5.13. The average Bonchev–Trinajstić information content (AvgIpc) is 2.65. The molecule has 0 radical (unpaired) electrons. The maximum atomic E-state index is 11.3. The van der Waals surface area contributed by atoms with Crippen LogP contribution in [0.1, 0.15) is 18.5 Å². The SMILES string of the molecule is CN(C)C(=O)Nc1nc(CCCC(=O)O)cs1. The van der Waals surface area contributed by atoms with Gasteiger partial charge in [0.05, 0.1) is 5.69 Å². The molecule has 94 valence electrons. The van der Waals surface area contributed by atoms with Gasteiger partial charge in [0.1, 0.15) is 0 Å². The summed E-state index contributed by atoms with van der Waals surface area (Å²) in [5.74, 6) is -0.804. The second kappa shape index (κ2) is 6.19. The Morgan fingerprint density at radius 1 is 1.53 bits per heavy atom. The van der Waals surface area contributed by atoms with Crippen LogP contribution in [0.25, 0.3) is 0 Å². The number of amides is 2. The van der Waals surface area contributed by atoms with Crippen molar-refractivity contribution in [3.05, 3.63) is 11.1 Å². The van der Waals surface area contributed by atoms with Crippen LogP contribution in [0.15, 0.2) is 5.38 Å². The van der Waals surface area contributed by atoms with Gasteiger partial charge in [-0.05, 0) is 12.8 Å². The van der Waals surface area contributed by atoms with Gasteiger partial charge in [-0.2, -0.15) is 0 Å². The molecule has 1 aromatic heterocycles. The number of thiazole rings is 1. The molecular formula is C10H15N3O3S. The topological polar surface area (TPSA) is 82.5 Å². The summed E-state index contributed by atoms with van der Waals surface area (Å²) >= 11 is 1.34. The Bertz CT molecular complexity index is 403. The lowest BCUT2D eigenvalue weighted by atomic mass is 10.2. The van der Waals surface area contributed by atoms with Crippen molar-refractivity contribution in [1.29, 1.82) is 0 Å². The van der Waals surface area contributed by atoms with Crippen molar-refractivity contribution in [2.75, 3.05) is 19.4 Å². The van der Waals surface area contributed by atoms with Gasteiger partial charge in [0.2, 0.25) is 0 Å². The van der Waals surface area contributed by atoms with E-state index >= 15 is 0 Å². The van der Waals surface area contributed by atoms with Crippen LogP contribution >= 0.6 is 11.3 Å². The van der Waals surface area contributed by atoms with Crippen LogP contribution in [-0.4, -0.2) is 41.1 Å². The number of urea groups is 1. The highest BCUT2D eigenvalue weighted by molar-refractivity contribution is 7.13. The third-order valence-electron chi connectivity index (χ3n) is 2.00. The van der Waals surface area contributed by atoms with Crippen molar-refractivity contribution in [2.45, 2.75) is 19.3 Å². The lowest BCUT2D eigenvalue weighted by Crippen LogP contribution is -2.27. The lowest BCUT2D eigenvalue weighted by molar-refractivity contribution is -0.137. The van der Waals surface area contributed by atoms with Gasteiger partial charge in [-0.25, -0.2) is 9.78 Å². The zero-order chi connectivity index (χ0) is 12.8. The number of nitrogens with zero attached hydrogens (tertiary/aromatic N) is 2. The van der Waals surface area contributed by atoms with Gasteiger partial charge in [-0.3, -0.25) is 10.1 Å². The highest BCUT2D eigenvalue weighted by Gasteiger charge is 2.08. The largest absolute Gasteiger partial charge is 0.481 e. The average molecular weight is 257 g/mol. The number of aliphatic carboxylic acids is 1. The normalized spacial score (nSPS) is 10.0. The lowest BCUT2D eigenvalue weighted by Gasteiger charge is -2.09. The Kier molecular flexibility index (Phi) is 4.89. The molecule has 0 spiro atoms. The molecule has 6 nitrogen and oxygen atoms in total. The number of carboxylic acids is 1. The van der Waals surface area contributed by atoms with Crippen molar-refractivity contribution in [2.24, 2.45) is 0 Å². The maximum Gasteiger partial charge on any atom is 0.323 e. The number of carbonyl (C=O) groups excluding carboxylic acids is 1. The van der Waals surface area contributed by atoms with Crippen molar-refractivity contribution in [3.8, 4) is 0 Å². The minimum Gasteiger partial charge on any atom is -0.481 e. The van der Waals surface area contributed by atoms with Gasteiger partial charge in [0.25, 0.3) is 0 Å². The van der Waals surface area contributed by atoms with Crippen LogP contribution < -0.4 is 5.32 Å². The summed E-state index contributed by atoms with van der Waals surface area (Å²) in [6, 6.07) is -0.226. The van der Waals surface area contributed by atoms with Crippen LogP contribution in [0.3, 0.4) is 0 Å². The van der Waals surface area contributed by atoms with E-state index in [1.54, 1.807) is 14.1 Å². The molecule has 0 bridgehead atoms. The summed E-state index contributed by atoms with van der Waals surface area (Å²) in [7, 11) is 3.30. The number of anilines is 1. The smallest absolute Gasteiger partial charge is 0.323 e. The summed E-state index contributed by atoms with van der Waals surface area (Å²) in [6.07, 6.45) is 1.30. The maximum absolute atomic E-state index is 11.3. The summed E-state index contributed by atoms with van der Waals surface area (Å²) < 4.78 is 0. The number of hydrogen-bond acceptors (Lipinski definition) is 4. The Hall–Kier alpha value is -1.63. The standard InChI is InChI=1S/C10H15N3O3S/c1-13(2)10(16)12-9-11-7(6-17-9)4-3-5-8(14)15/h6H,3-5H2,1-2H3,(H,14,15)(H,11,12,16). The molecule has 2 amide bonds. The number of aromatic nitrogens is 1. The van der Waals surface area contributed by atoms with Crippen LogP contribution in [0.2, 0.25) is 0 Å². The van der Waals surface area contributed by atoms with Crippen molar-refractivity contribution in [1.82, 2.24) is 9.88 Å². The molecule has 1 rings (SSSR count). The first-order valence-corrected chi connectivity index (χ1v) is 6.01. The first kappa shape index (κ1) is 13.4. The fourth-order valence-electron chi connectivity index (χ4n) is 1.10. The molecular weight excluding hydrogens is 242 g/mol. The van der Waals surface area contributed by atoms with Crippen molar-refractivity contribution >= 4 is 28.5 Å². The molecule has 1 heterocycles. The number of hydrogen-bond donors (Lipinski definition) is 2. The molecule has 2 N–H and O–H groups in total. The van der Waals surface area contributed by atoms with Crippen molar-refractivity contribution < 1.29 is 14.7 Å². The number of carboxylic acid groups (broad SMARTS) is 1. The zero-order valence-electron chi connectivity index (χ0n) is 9.77. The minimum absolute atomic E-state index is 0.136. The summed E-state index contributed by atoms with van der Waals surface area (Å²) in [4.78, 5) is 27.3. The van der Waals surface area contributed by atoms with E-state index in [0.29, 0.717) is 18.0 Å². The molecule has 0 aromatic carbocycles. The third-order valence-corrected chi connectivity index (χ3v) is 2.80. The zero-order valence-corrected chi connectivity index (χ0v) is 10.6. The van der Waals surface area contributed by atoms with Crippen LogP contribution in [-0.2, 0) is 11.2 Å². The molecule has 0 aliphatic heterocycles. The van der Waals surface area contributed by atoms with E-state index in [9.17, 15) is 9.59 Å². The third kappa shape index (κ3) is 4.81. The monoisotopic (exact) mass is 257 g/mol. The molecule has 1 aromatic rings. The quantitative estimate of drug-likeness (QED) is 0.840. The Labute approximate surface area is 103 Å². The minimum atomic E-state index is -0.804. The highest BCUT2D eigenvalue weighted by atomic mass is 32.1. The van der Waals surface area contributed by atoms with Crippen LogP contribution in [0, 0.1) is 0 Å². The second-order valence-electron chi connectivity index (χ2n) is 3.72. The molecule has 0 saturated heterocycles. The molecule has 0 aliphatic rings. The summed E-state index contributed by atoms with van der Waals surface area (Å²) in [6.45, 7) is 0. The molecule has 0 unspecified atom stereocenters. The van der Waals surface area contributed by atoms with E-state index in [-0.39, 0.29) is 12.5 Å². The van der Waals surface area contributed by atoms with Crippen LogP contribution in [0.5, 0.6) is 0 Å². The van der Waals surface area contributed by atoms with Crippen molar-refractivity contribution in [3.63, 3.8) is 0 Å². The fourth-order valence-corrected chi connectivity index (χ4v) is 1.84. The van der Waals surface area contributed by atoms with E-state index in [1.165, 1.54) is 16.2 Å². The van der Waals surface area contributed by atoms with Gasteiger partial charge in [0.15, 0.2) is 5.13 Å². The molecule has 17 heavy (non-hydrogen) atoms. The fraction of sp³-hybridized carbons (Fsp3) is 0.500. The Balaban J connectivity index is 2.42. The van der Waals surface area contributed by atoms with Gasteiger partial charge in [-0.15, -0.1) is 11.3 Å². The van der Waals surface area contributed by atoms with Gasteiger partial charge < -0.3 is 10.0 Å². The van der Waals surface area contributed by atoms with Crippen LogP contribution in [0.4, 0.5) is 9.93 Å². The second-order valence-corrected chi connectivity index (χ2v) is 4.57. The summed E-state index contributed by atoms with van der Waals surface area (Å²) in [5.41, 5.74) is 0.810. The Morgan fingerprint density at radius 2 is 2.24 bits per heavy atom. The molecule has 0 atom stereocenters. The molecule has 0 saturated carbocycles. The number of carbonyl (C=O) groups is 2. The van der Waals surface area contributed by atoms with Gasteiger partial charge in [-0.1, -0.05) is 0 Å². The summed E-state index contributed by atoms with van der Waals surface area (Å²) in [5, 5.41) is 13.5. The number of aryl methyl sites for hydroxylation is 1. The predicted molar refractivity (Wildman–Crippen MR) is 65.4 cm³/mol. The van der Waals surface area contributed by atoms with E-state index in [4.69, 9.17) is 5.11 Å². The highest BCUT2D eigenvalue weighted by Crippen LogP contribution is 2.17.